The summed E-state index contributed by atoms with van der Waals surface area (Å²) in [6, 6.07) is 11.6. The molecule has 0 amide bonds. The van der Waals surface area contributed by atoms with E-state index in [9.17, 15) is 8.42 Å². The van der Waals surface area contributed by atoms with E-state index in [1.807, 2.05) is 31.2 Å². The van der Waals surface area contributed by atoms with Gasteiger partial charge in [0.05, 0.1) is 9.83 Å². The molecule has 2 aromatic rings. The highest BCUT2D eigenvalue weighted by molar-refractivity contribution is 9.11. The fourth-order valence-electron chi connectivity index (χ4n) is 2.70. The minimum atomic E-state index is -3.40. The fourth-order valence-corrected chi connectivity index (χ4v) is 6.52. The second kappa shape index (κ2) is 5.83. The number of nitrogens with zero attached hydrogens (tertiary/aromatic N) is 1. The number of halogens is 1. The van der Waals surface area contributed by atoms with Crippen molar-refractivity contribution in [1.82, 2.24) is 4.31 Å². The van der Waals surface area contributed by atoms with Crippen molar-refractivity contribution in [2.75, 3.05) is 6.54 Å². The molecule has 112 valence electrons. The minimum Gasteiger partial charge on any atom is -0.206 e. The van der Waals surface area contributed by atoms with Crippen molar-refractivity contribution < 1.29 is 8.42 Å². The molecule has 0 spiro atoms. The molecule has 1 saturated heterocycles. The van der Waals surface area contributed by atoms with Crippen molar-refractivity contribution in [3.05, 3.63) is 51.3 Å². The van der Waals surface area contributed by atoms with Crippen molar-refractivity contribution >= 4 is 37.3 Å². The number of aryl methyl sites for hydroxylation is 1. The van der Waals surface area contributed by atoms with Crippen LogP contribution in [-0.4, -0.2) is 19.3 Å². The SMILES string of the molecule is Cc1ccc(C2CCCN2S(=O)(=O)c2ccc(Br)s2)cc1. The van der Waals surface area contributed by atoms with Gasteiger partial charge in [-0.05, 0) is 53.4 Å². The highest BCUT2D eigenvalue weighted by Gasteiger charge is 2.36. The third kappa shape index (κ3) is 2.95. The van der Waals surface area contributed by atoms with Crippen molar-refractivity contribution in [2.24, 2.45) is 0 Å². The van der Waals surface area contributed by atoms with Crippen LogP contribution in [0.1, 0.15) is 30.0 Å². The lowest BCUT2D eigenvalue weighted by Gasteiger charge is -2.23. The number of hydrogen-bond donors (Lipinski definition) is 0. The van der Waals surface area contributed by atoms with E-state index in [-0.39, 0.29) is 6.04 Å². The molecule has 0 N–H and O–H groups in total. The highest BCUT2D eigenvalue weighted by atomic mass is 79.9. The third-order valence-corrected chi connectivity index (χ3v) is 7.78. The van der Waals surface area contributed by atoms with Gasteiger partial charge in [-0.15, -0.1) is 11.3 Å². The first-order valence-electron chi connectivity index (χ1n) is 6.82. The van der Waals surface area contributed by atoms with E-state index in [0.717, 1.165) is 22.2 Å². The molecule has 0 aliphatic carbocycles. The first-order chi connectivity index (χ1) is 9.98. The molecule has 1 unspecified atom stereocenters. The largest absolute Gasteiger partial charge is 0.253 e. The monoisotopic (exact) mass is 385 g/mol. The standard InChI is InChI=1S/C15H16BrNO2S2/c1-11-4-6-12(7-5-11)13-3-2-10-17(13)21(18,19)15-9-8-14(16)20-15/h4-9,13H,2-3,10H2,1H3. The molecule has 0 bridgehead atoms. The van der Waals surface area contributed by atoms with E-state index >= 15 is 0 Å². The average molecular weight is 386 g/mol. The van der Waals surface area contributed by atoms with Crippen LogP contribution in [0.2, 0.25) is 0 Å². The first-order valence-corrected chi connectivity index (χ1v) is 9.87. The van der Waals surface area contributed by atoms with Gasteiger partial charge in [-0.25, -0.2) is 8.42 Å². The van der Waals surface area contributed by atoms with Gasteiger partial charge in [-0.3, -0.25) is 0 Å². The normalized spacial score (nSPS) is 20.0. The van der Waals surface area contributed by atoms with Crippen LogP contribution in [0.25, 0.3) is 0 Å². The molecule has 1 aliphatic rings. The zero-order valence-electron chi connectivity index (χ0n) is 11.6. The van der Waals surface area contributed by atoms with E-state index in [0.29, 0.717) is 10.8 Å². The Morgan fingerprint density at radius 2 is 1.90 bits per heavy atom. The minimum absolute atomic E-state index is 0.0449. The number of rotatable bonds is 3. The summed E-state index contributed by atoms with van der Waals surface area (Å²) in [6.07, 6.45) is 1.79. The smallest absolute Gasteiger partial charge is 0.206 e. The molecule has 1 atom stereocenters. The topological polar surface area (TPSA) is 37.4 Å². The molecule has 21 heavy (non-hydrogen) atoms. The van der Waals surface area contributed by atoms with E-state index in [4.69, 9.17) is 0 Å². The van der Waals surface area contributed by atoms with Gasteiger partial charge in [0.25, 0.3) is 10.0 Å². The molecule has 3 nitrogen and oxygen atoms in total. The number of sulfonamides is 1. The Labute approximate surface area is 137 Å². The van der Waals surface area contributed by atoms with Gasteiger partial charge in [0.1, 0.15) is 4.21 Å². The maximum absolute atomic E-state index is 12.8. The average Bonchev–Trinajstić information content (AvgIpc) is 3.08. The predicted octanol–water partition coefficient (Wildman–Crippen LogP) is 4.34. The van der Waals surface area contributed by atoms with Crippen molar-refractivity contribution in [3.63, 3.8) is 0 Å². The Kier molecular flexibility index (Phi) is 4.23. The lowest BCUT2D eigenvalue weighted by atomic mass is 10.0. The van der Waals surface area contributed by atoms with Crippen LogP contribution in [0.3, 0.4) is 0 Å². The van der Waals surface area contributed by atoms with Gasteiger partial charge in [0, 0.05) is 6.54 Å². The first kappa shape index (κ1) is 15.2. The number of thiophene rings is 1. The molecular weight excluding hydrogens is 370 g/mol. The summed E-state index contributed by atoms with van der Waals surface area (Å²) in [4.78, 5) is 0. The molecule has 6 heteroatoms. The summed E-state index contributed by atoms with van der Waals surface area (Å²) in [5, 5.41) is 0. The Morgan fingerprint density at radius 3 is 2.52 bits per heavy atom. The molecule has 2 heterocycles. The van der Waals surface area contributed by atoms with Gasteiger partial charge >= 0.3 is 0 Å². The number of benzene rings is 1. The van der Waals surface area contributed by atoms with E-state index in [1.54, 1.807) is 16.4 Å². The van der Waals surface area contributed by atoms with Crippen molar-refractivity contribution in [1.29, 1.82) is 0 Å². The van der Waals surface area contributed by atoms with Crippen molar-refractivity contribution in [3.8, 4) is 0 Å². The maximum atomic E-state index is 12.8. The van der Waals surface area contributed by atoms with Crippen LogP contribution in [0.15, 0.2) is 44.4 Å². The highest BCUT2D eigenvalue weighted by Crippen LogP contribution is 2.38. The molecule has 3 rings (SSSR count). The molecule has 0 radical (unpaired) electrons. The lowest BCUT2D eigenvalue weighted by molar-refractivity contribution is 0.398. The van der Waals surface area contributed by atoms with Gasteiger partial charge < -0.3 is 0 Å². The summed E-state index contributed by atoms with van der Waals surface area (Å²) in [6.45, 7) is 2.63. The van der Waals surface area contributed by atoms with Gasteiger partial charge in [-0.1, -0.05) is 29.8 Å². The molecule has 0 saturated carbocycles. The van der Waals surface area contributed by atoms with Crippen molar-refractivity contribution in [2.45, 2.75) is 30.0 Å². The third-order valence-electron chi connectivity index (χ3n) is 3.78. The van der Waals surface area contributed by atoms with Crippen LogP contribution in [-0.2, 0) is 10.0 Å². The van der Waals surface area contributed by atoms with Crippen LogP contribution in [0, 0.1) is 6.92 Å². The Balaban J connectivity index is 1.95. The summed E-state index contributed by atoms with van der Waals surface area (Å²) < 4.78 is 28.5. The summed E-state index contributed by atoms with van der Waals surface area (Å²) >= 11 is 4.60. The summed E-state index contributed by atoms with van der Waals surface area (Å²) in [7, 11) is -3.40. The van der Waals surface area contributed by atoms with Gasteiger partial charge in [0.2, 0.25) is 0 Å². The molecule has 1 aromatic heterocycles. The Bertz CT molecular complexity index is 737. The number of hydrogen-bond acceptors (Lipinski definition) is 3. The van der Waals surface area contributed by atoms with Crippen LogP contribution in [0.4, 0.5) is 0 Å². The molecule has 1 aromatic carbocycles. The second-order valence-corrected chi connectivity index (χ2v) is 9.82. The molecule has 1 fully saturated rings. The quantitative estimate of drug-likeness (QED) is 0.787. The summed E-state index contributed by atoms with van der Waals surface area (Å²) in [5.74, 6) is 0. The maximum Gasteiger partial charge on any atom is 0.253 e. The Hall–Kier alpha value is -0.690. The van der Waals surface area contributed by atoms with E-state index in [2.05, 4.69) is 15.9 Å². The predicted molar refractivity (Wildman–Crippen MR) is 89.1 cm³/mol. The van der Waals surface area contributed by atoms with Crippen LogP contribution in [0.5, 0.6) is 0 Å². The molecular formula is C15H16BrNO2S2. The molecule has 1 aliphatic heterocycles. The van der Waals surface area contributed by atoms with E-state index < -0.39 is 10.0 Å². The summed E-state index contributed by atoms with van der Waals surface area (Å²) in [5.41, 5.74) is 2.27. The van der Waals surface area contributed by atoms with E-state index in [1.165, 1.54) is 16.9 Å². The zero-order chi connectivity index (χ0) is 15.0. The van der Waals surface area contributed by atoms with Crippen LogP contribution < -0.4 is 0 Å². The fraction of sp³-hybridized carbons (Fsp3) is 0.333. The van der Waals surface area contributed by atoms with Gasteiger partial charge in [-0.2, -0.15) is 4.31 Å². The van der Waals surface area contributed by atoms with Gasteiger partial charge in [0.15, 0.2) is 0 Å². The van der Waals surface area contributed by atoms with Crippen LogP contribution >= 0.6 is 27.3 Å². The second-order valence-electron chi connectivity index (χ2n) is 5.24. The lowest BCUT2D eigenvalue weighted by Crippen LogP contribution is -2.30. The zero-order valence-corrected chi connectivity index (χ0v) is 14.8. The Morgan fingerprint density at radius 1 is 1.19 bits per heavy atom.